The van der Waals surface area contributed by atoms with Crippen LogP contribution < -0.4 is 15.8 Å². The third kappa shape index (κ3) is 6.96. The maximum Gasteiger partial charge on any atom is 0.405 e. The molecule has 0 bridgehead atoms. The molecule has 0 radical (unpaired) electrons. The highest BCUT2D eigenvalue weighted by Gasteiger charge is 2.46. The zero-order chi connectivity index (χ0) is 24.1. The highest BCUT2D eigenvalue weighted by Crippen LogP contribution is 2.48. The summed E-state index contributed by atoms with van der Waals surface area (Å²) in [4.78, 5) is 11.7. The van der Waals surface area contributed by atoms with Crippen LogP contribution in [0, 0.1) is 5.92 Å². The van der Waals surface area contributed by atoms with Gasteiger partial charge in [-0.15, -0.1) is 0 Å². The molecule has 1 aromatic carbocycles. The van der Waals surface area contributed by atoms with Gasteiger partial charge in [-0.3, -0.25) is 4.79 Å². The van der Waals surface area contributed by atoms with Crippen molar-refractivity contribution in [2.45, 2.75) is 82.5 Å². The summed E-state index contributed by atoms with van der Waals surface area (Å²) in [7, 11) is 0. The van der Waals surface area contributed by atoms with Crippen LogP contribution in [0.15, 0.2) is 29.8 Å². The van der Waals surface area contributed by atoms with E-state index in [1.165, 1.54) is 5.57 Å². The predicted molar refractivity (Wildman–Crippen MR) is 121 cm³/mol. The smallest absolute Gasteiger partial charge is 0.405 e. The first kappa shape index (κ1) is 25.6. The van der Waals surface area contributed by atoms with Crippen LogP contribution in [-0.4, -0.2) is 42.0 Å². The van der Waals surface area contributed by atoms with Gasteiger partial charge in [0.25, 0.3) is 5.91 Å². The molecule has 5 nitrogen and oxygen atoms in total. The number of carbonyl (C=O) groups excluding carboxylic acids is 1. The van der Waals surface area contributed by atoms with Crippen molar-refractivity contribution < 1.29 is 27.8 Å². The van der Waals surface area contributed by atoms with E-state index in [0.717, 1.165) is 56.1 Å². The zero-order valence-corrected chi connectivity index (χ0v) is 19.2. The summed E-state index contributed by atoms with van der Waals surface area (Å²) in [6.45, 7) is 0.292. The minimum Gasteiger partial charge on any atom is -0.483 e. The standard InChI is InChI=1S/C25H35F3N2O3/c1-2-3-4-7-19(31)10-9-17-11-12-24(29)14-20-18(13-21(17)24)6-5-8-22(20)33-15-23(32)30-16-25(26,27)28/h5-6,8-9,19,21,31H,2-4,7,10-16,29H2,1H3,(H,30,32)/b17-9+/t19-,21?,24?/m0/s1. The maximum atomic E-state index is 12.3. The Bertz CT molecular complexity index is 856. The summed E-state index contributed by atoms with van der Waals surface area (Å²) >= 11 is 0. The van der Waals surface area contributed by atoms with Crippen molar-refractivity contribution in [3.8, 4) is 5.75 Å². The molecule has 0 spiro atoms. The number of ether oxygens (including phenoxy) is 1. The first-order valence-corrected chi connectivity index (χ1v) is 11.8. The molecule has 1 amide bonds. The van der Waals surface area contributed by atoms with Crippen molar-refractivity contribution in [3.05, 3.63) is 41.0 Å². The highest BCUT2D eigenvalue weighted by molar-refractivity contribution is 5.77. The van der Waals surface area contributed by atoms with Crippen LogP contribution in [0.5, 0.6) is 5.75 Å². The summed E-state index contributed by atoms with van der Waals surface area (Å²) in [6.07, 6.45) is 5.22. The number of benzene rings is 1. The molecule has 1 fully saturated rings. The fourth-order valence-electron chi connectivity index (χ4n) is 5.00. The van der Waals surface area contributed by atoms with Gasteiger partial charge in [0, 0.05) is 11.5 Å². The average molecular weight is 469 g/mol. The number of hydrogen-bond donors (Lipinski definition) is 3. The number of aliphatic hydroxyl groups is 1. The lowest BCUT2D eigenvalue weighted by molar-refractivity contribution is -0.139. The number of nitrogens with two attached hydrogens (primary N) is 1. The molecule has 4 N–H and O–H groups in total. The molecule has 0 heterocycles. The van der Waals surface area contributed by atoms with Crippen LogP contribution in [-0.2, 0) is 17.6 Å². The molecule has 3 atom stereocenters. The van der Waals surface area contributed by atoms with Crippen molar-refractivity contribution in [1.82, 2.24) is 5.32 Å². The monoisotopic (exact) mass is 468 g/mol. The predicted octanol–water partition coefficient (Wildman–Crippen LogP) is 4.21. The molecule has 33 heavy (non-hydrogen) atoms. The average Bonchev–Trinajstić information content (AvgIpc) is 3.08. The van der Waals surface area contributed by atoms with E-state index in [9.17, 15) is 23.1 Å². The zero-order valence-electron chi connectivity index (χ0n) is 19.2. The van der Waals surface area contributed by atoms with E-state index in [0.29, 0.717) is 18.6 Å². The van der Waals surface area contributed by atoms with Gasteiger partial charge >= 0.3 is 6.18 Å². The summed E-state index contributed by atoms with van der Waals surface area (Å²) in [5.41, 5.74) is 9.73. The van der Waals surface area contributed by atoms with E-state index in [4.69, 9.17) is 10.5 Å². The number of amides is 1. The number of rotatable bonds is 10. The van der Waals surface area contributed by atoms with Crippen LogP contribution in [0.2, 0.25) is 0 Å². The van der Waals surface area contributed by atoms with Gasteiger partial charge in [0.2, 0.25) is 0 Å². The Morgan fingerprint density at radius 3 is 2.91 bits per heavy atom. The molecular weight excluding hydrogens is 433 g/mol. The Morgan fingerprint density at radius 2 is 2.18 bits per heavy atom. The number of alkyl halides is 3. The van der Waals surface area contributed by atoms with Gasteiger partial charge in [-0.25, -0.2) is 0 Å². The summed E-state index contributed by atoms with van der Waals surface area (Å²) < 4.78 is 42.4. The Hall–Kier alpha value is -2.06. The lowest BCUT2D eigenvalue weighted by Crippen LogP contribution is -2.49. The lowest BCUT2D eigenvalue weighted by Gasteiger charge is -2.38. The molecule has 2 aliphatic carbocycles. The largest absolute Gasteiger partial charge is 0.483 e. The number of halogens is 3. The van der Waals surface area contributed by atoms with Crippen LogP contribution in [0.1, 0.15) is 63.0 Å². The number of unbranched alkanes of at least 4 members (excludes halogenated alkanes) is 2. The molecule has 0 aliphatic heterocycles. The quantitative estimate of drug-likeness (QED) is 0.355. The second-order valence-corrected chi connectivity index (χ2v) is 9.41. The number of hydrogen-bond acceptors (Lipinski definition) is 4. The Kier molecular flexibility index (Phi) is 8.45. The summed E-state index contributed by atoms with van der Waals surface area (Å²) in [5, 5.41) is 12.1. The SMILES string of the molecule is CCCCC[C@H](O)C/C=C1\CCC2(N)Cc3c(cccc3OCC(=O)NCC(F)(F)F)CC12. The molecule has 184 valence electrons. The third-order valence-corrected chi connectivity index (χ3v) is 6.82. The topological polar surface area (TPSA) is 84.6 Å². The highest BCUT2D eigenvalue weighted by atomic mass is 19.4. The Balaban J connectivity index is 1.64. The summed E-state index contributed by atoms with van der Waals surface area (Å²) in [5.74, 6) is -0.121. The van der Waals surface area contributed by atoms with Crippen molar-refractivity contribution in [2.24, 2.45) is 11.7 Å². The van der Waals surface area contributed by atoms with Gasteiger partial charge in [-0.1, -0.05) is 50.0 Å². The van der Waals surface area contributed by atoms with E-state index >= 15 is 0 Å². The van der Waals surface area contributed by atoms with Gasteiger partial charge in [-0.05, 0) is 55.7 Å². The van der Waals surface area contributed by atoms with Gasteiger partial charge in [0.1, 0.15) is 12.3 Å². The van der Waals surface area contributed by atoms with E-state index in [-0.39, 0.29) is 12.0 Å². The maximum absolute atomic E-state index is 12.3. The van der Waals surface area contributed by atoms with Crippen molar-refractivity contribution in [1.29, 1.82) is 0 Å². The molecule has 0 saturated heterocycles. The molecule has 2 aliphatic rings. The molecule has 1 aromatic rings. The molecular formula is C25H35F3N2O3. The molecule has 0 aromatic heterocycles. The van der Waals surface area contributed by atoms with E-state index in [1.807, 2.05) is 17.4 Å². The number of nitrogens with one attached hydrogen (secondary N) is 1. The third-order valence-electron chi connectivity index (χ3n) is 6.82. The number of fused-ring (bicyclic) bond motifs is 2. The molecule has 2 unspecified atom stereocenters. The first-order chi connectivity index (χ1) is 15.6. The fraction of sp³-hybridized carbons (Fsp3) is 0.640. The van der Waals surface area contributed by atoms with Crippen molar-refractivity contribution in [3.63, 3.8) is 0 Å². The normalized spacial score (nSPS) is 24.3. The van der Waals surface area contributed by atoms with E-state index in [1.54, 1.807) is 6.07 Å². The Labute approximate surface area is 193 Å². The van der Waals surface area contributed by atoms with Gasteiger partial charge in [-0.2, -0.15) is 13.2 Å². The van der Waals surface area contributed by atoms with Gasteiger partial charge in [0.05, 0.1) is 6.10 Å². The van der Waals surface area contributed by atoms with Gasteiger partial charge < -0.3 is 20.9 Å². The van der Waals surface area contributed by atoms with E-state index < -0.39 is 30.8 Å². The number of aliphatic hydroxyl groups excluding tert-OH is 1. The second-order valence-electron chi connectivity index (χ2n) is 9.41. The van der Waals surface area contributed by atoms with Crippen LogP contribution in [0.25, 0.3) is 0 Å². The fourth-order valence-corrected chi connectivity index (χ4v) is 5.00. The van der Waals surface area contributed by atoms with Crippen molar-refractivity contribution in [2.75, 3.05) is 13.2 Å². The minimum atomic E-state index is -4.46. The van der Waals surface area contributed by atoms with Gasteiger partial charge in [0.15, 0.2) is 6.61 Å². The molecule has 1 saturated carbocycles. The van der Waals surface area contributed by atoms with E-state index in [2.05, 4.69) is 13.0 Å². The Morgan fingerprint density at radius 1 is 1.39 bits per heavy atom. The van der Waals surface area contributed by atoms with Crippen LogP contribution >= 0.6 is 0 Å². The minimum absolute atomic E-state index is 0.193. The first-order valence-electron chi connectivity index (χ1n) is 11.8. The molecule has 8 heteroatoms. The molecule has 3 rings (SSSR count). The number of carbonyl (C=O) groups is 1. The van der Waals surface area contributed by atoms with Crippen LogP contribution in [0.3, 0.4) is 0 Å². The summed E-state index contributed by atoms with van der Waals surface area (Å²) in [6, 6.07) is 5.58. The second kappa shape index (κ2) is 10.9. The van der Waals surface area contributed by atoms with Crippen LogP contribution in [0.4, 0.5) is 13.2 Å². The van der Waals surface area contributed by atoms with Crippen molar-refractivity contribution >= 4 is 5.91 Å². The lowest BCUT2D eigenvalue weighted by atomic mass is 9.71.